The number of aromatic nitrogens is 3. The smallest absolute Gasteiger partial charge is 0.249 e. The van der Waals surface area contributed by atoms with Crippen molar-refractivity contribution in [2.24, 2.45) is 0 Å². The predicted molar refractivity (Wildman–Crippen MR) is 77.7 cm³/mol. The zero-order valence-corrected chi connectivity index (χ0v) is 11.9. The van der Waals surface area contributed by atoms with Gasteiger partial charge in [-0.2, -0.15) is 0 Å². The Labute approximate surface area is 122 Å². The van der Waals surface area contributed by atoms with Crippen molar-refractivity contribution in [2.45, 2.75) is 38.3 Å². The number of amides is 1. The monoisotopic (exact) mass is 286 g/mol. The molecule has 3 rings (SSSR count). The number of aliphatic hydroxyl groups is 1. The summed E-state index contributed by atoms with van der Waals surface area (Å²) in [7, 11) is 0. The number of hydrogen-bond acceptors (Lipinski definition) is 4. The van der Waals surface area contributed by atoms with E-state index in [4.69, 9.17) is 0 Å². The van der Waals surface area contributed by atoms with Crippen molar-refractivity contribution in [1.82, 2.24) is 15.0 Å². The molecule has 0 saturated heterocycles. The van der Waals surface area contributed by atoms with Crippen molar-refractivity contribution in [3.8, 4) is 0 Å². The van der Waals surface area contributed by atoms with Gasteiger partial charge in [-0.1, -0.05) is 30.3 Å². The van der Waals surface area contributed by atoms with E-state index in [0.717, 1.165) is 17.7 Å². The van der Waals surface area contributed by atoms with Crippen LogP contribution in [0, 0.1) is 0 Å². The fourth-order valence-corrected chi connectivity index (χ4v) is 2.56. The summed E-state index contributed by atoms with van der Waals surface area (Å²) in [6, 6.07) is 7.40. The first-order valence-electron chi connectivity index (χ1n) is 7.17. The summed E-state index contributed by atoms with van der Waals surface area (Å²) in [5.41, 5.74) is 2.49. The first-order valence-corrected chi connectivity index (χ1v) is 7.17. The number of benzene rings is 1. The molecule has 2 N–H and O–H groups in total. The summed E-state index contributed by atoms with van der Waals surface area (Å²) in [6.45, 7) is 1.87. The number of aryl methyl sites for hydroxylation is 1. The molecule has 110 valence electrons. The molecule has 2 aromatic rings. The number of anilines is 1. The minimum absolute atomic E-state index is 0.0950. The Morgan fingerprint density at radius 3 is 3.10 bits per heavy atom. The second kappa shape index (κ2) is 5.65. The lowest BCUT2D eigenvalue weighted by atomic mass is 10.1. The van der Waals surface area contributed by atoms with Gasteiger partial charge in [-0.3, -0.25) is 4.79 Å². The van der Waals surface area contributed by atoms with Crippen molar-refractivity contribution in [3.63, 3.8) is 0 Å². The van der Waals surface area contributed by atoms with Crippen LogP contribution in [0.15, 0.2) is 30.5 Å². The number of fused-ring (bicyclic) bond motifs is 1. The highest BCUT2D eigenvalue weighted by Crippen LogP contribution is 2.27. The van der Waals surface area contributed by atoms with Crippen molar-refractivity contribution in [2.75, 3.05) is 5.32 Å². The van der Waals surface area contributed by atoms with E-state index in [0.29, 0.717) is 18.5 Å². The van der Waals surface area contributed by atoms with E-state index < -0.39 is 12.1 Å². The Balaban J connectivity index is 1.84. The summed E-state index contributed by atoms with van der Waals surface area (Å²) in [5, 5.41) is 20.7. The van der Waals surface area contributed by atoms with E-state index in [1.807, 2.05) is 31.2 Å². The molecule has 1 amide bonds. The third-order valence-electron chi connectivity index (χ3n) is 3.84. The minimum Gasteiger partial charge on any atom is -0.387 e. The fourth-order valence-electron chi connectivity index (χ4n) is 2.56. The SMILES string of the molecule is CCC(O)c1cn(C2CCc3ccccc3NC2=O)nn1. The molecule has 0 spiro atoms. The maximum absolute atomic E-state index is 12.4. The van der Waals surface area contributed by atoms with Gasteiger partial charge < -0.3 is 10.4 Å². The Bertz CT molecular complexity index is 653. The molecule has 21 heavy (non-hydrogen) atoms. The van der Waals surface area contributed by atoms with Crippen LogP contribution < -0.4 is 5.32 Å². The Morgan fingerprint density at radius 1 is 1.48 bits per heavy atom. The summed E-state index contributed by atoms with van der Waals surface area (Å²) in [6.07, 6.45) is 3.05. The molecule has 1 aliphatic heterocycles. The van der Waals surface area contributed by atoms with Gasteiger partial charge in [0.15, 0.2) is 0 Å². The molecule has 2 atom stereocenters. The fraction of sp³-hybridized carbons (Fsp3) is 0.400. The third-order valence-corrected chi connectivity index (χ3v) is 3.84. The van der Waals surface area contributed by atoms with Crippen molar-refractivity contribution < 1.29 is 9.90 Å². The molecule has 1 aromatic heterocycles. The lowest BCUT2D eigenvalue weighted by Gasteiger charge is -2.12. The number of hydrogen-bond donors (Lipinski definition) is 2. The molecule has 0 bridgehead atoms. The Hall–Kier alpha value is -2.21. The van der Waals surface area contributed by atoms with Crippen LogP contribution in [0.2, 0.25) is 0 Å². The zero-order valence-electron chi connectivity index (χ0n) is 11.9. The minimum atomic E-state index is -0.634. The van der Waals surface area contributed by atoms with Crippen molar-refractivity contribution >= 4 is 11.6 Å². The molecule has 2 unspecified atom stereocenters. The van der Waals surface area contributed by atoms with Gasteiger partial charge in [0.25, 0.3) is 0 Å². The van der Waals surface area contributed by atoms with Gasteiger partial charge in [0.2, 0.25) is 5.91 Å². The summed E-state index contributed by atoms with van der Waals surface area (Å²) in [4.78, 5) is 12.4. The first-order chi connectivity index (χ1) is 10.2. The third kappa shape index (κ3) is 2.67. The molecule has 0 aliphatic carbocycles. The van der Waals surface area contributed by atoms with Gasteiger partial charge in [0.1, 0.15) is 11.7 Å². The summed E-state index contributed by atoms with van der Waals surface area (Å²) < 4.78 is 1.55. The van der Waals surface area contributed by atoms with E-state index >= 15 is 0 Å². The molecule has 0 saturated carbocycles. The van der Waals surface area contributed by atoms with E-state index in [9.17, 15) is 9.90 Å². The summed E-state index contributed by atoms with van der Waals surface area (Å²) in [5.74, 6) is -0.0950. The van der Waals surface area contributed by atoms with Crippen LogP contribution in [0.3, 0.4) is 0 Å². The molecule has 0 fully saturated rings. The zero-order chi connectivity index (χ0) is 14.8. The molecule has 6 heteroatoms. The molecule has 1 aromatic carbocycles. The van der Waals surface area contributed by atoms with Crippen LogP contribution in [0.25, 0.3) is 0 Å². The standard InChI is InChI=1S/C15H18N4O2/c1-2-14(20)12-9-19(18-17-12)13-8-7-10-5-3-4-6-11(10)16-15(13)21/h3-6,9,13-14,20H,2,7-8H2,1H3,(H,16,21). The maximum Gasteiger partial charge on any atom is 0.249 e. The molecular weight excluding hydrogens is 268 g/mol. The largest absolute Gasteiger partial charge is 0.387 e. The number of nitrogens with zero attached hydrogens (tertiary/aromatic N) is 3. The van der Waals surface area contributed by atoms with Gasteiger partial charge >= 0.3 is 0 Å². The van der Waals surface area contributed by atoms with E-state index in [2.05, 4.69) is 15.6 Å². The van der Waals surface area contributed by atoms with E-state index in [1.165, 1.54) is 0 Å². The normalized spacial score (nSPS) is 19.5. The highest BCUT2D eigenvalue weighted by molar-refractivity contribution is 5.95. The highest BCUT2D eigenvalue weighted by Gasteiger charge is 2.26. The number of carbonyl (C=O) groups excluding carboxylic acids is 1. The van der Waals surface area contributed by atoms with Crippen LogP contribution in [0.4, 0.5) is 5.69 Å². The van der Waals surface area contributed by atoms with Crippen molar-refractivity contribution in [1.29, 1.82) is 0 Å². The first kappa shape index (κ1) is 13.8. The number of aliphatic hydroxyl groups excluding tert-OH is 1. The molecule has 2 heterocycles. The average molecular weight is 286 g/mol. The van der Waals surface area contributed by atoms with Crippen molar-refractivity contribution in [3.05, 3.63) is 41.7 Å². The van der Waals surface area contributed by atoms with E-state index in [-0.39, 0.29) is 5.91 Å². The second-order valence-electron chi connectivity index (χ2n) is 5.25. The topological polar surface area (TPSA) is 80.0 Å². The second-order valence-corrected chi connectivity index (χ2v) is 5.25. The molecule has 0 radical (unpaired) electrons. The number of rotatable bonds is 3. The van der Waals surface area contributed by atoms with Gasteiger partial charge in [0, 0.05) is 5.69 Å². The Morgan fingerprint density at radius 2 is 2.29 bits per heavy atom. The summed E-state index contributed by atoms with van der Waals surface area (Å²) >= 11 is 0. The van der Waals surface area contributed by atoms with Gasteiger partial charge in [-0.15, -0.1) is 5.10 Å². The highest BCUT2D eigenvalue weighted by atomic mass is 16.3. The van der Waals surface area contributed by atoms with E-state index in [1.54, 1.807) is 10.9 Å². The molecule has 1 aliphatic rings. The van der Waals surface area contributed by atoms with Gasteiger partial charge in [0.05, 0.1) is 12.3 Å². The van der Waals surface area contributed by atoms with Gasteiger partial charge in [-0.25, -0.2) is 4.68 Å². The van der Waals surface area contributed by atoms with Crippen LogP contribution in [0.1, 0.15) is 43.2 Å². The lowest BCUT2D eigenvalue weighted by Crippen LogP contribution is -2.25. The molecule has 6 nitrogen and oxygen atoms in total. The van der Waals surface area contributed by atoms with Crippen LogP contribution >= 0.6 is 0 Å². The number of nitrogens with one attached hydrogen (secondary N) is 1. The van der Waals surface area contributed by atoms with Crippen LogP contribution in [-0.4, -0.2) is 26.0 Å². The quantitative estimate of drug-likeness (QED) is 0.902. The van der Waals surface area contributed by atoms with Crippen LogP contribution in [-0.2, 0) is 11.2 Å². The lowest BCUT2D eigenvalue weighted by molar-refractivity contribution is -0.119. The molecular formula is C15H18N4O2. The average Bonchev–Trinajstić information content (AvgIpc) is 2.91. The Kier molecular flexibility index (Phi) is 3.70. The number of para-hydroxylation sites is 1. The maximum atomic E-state index is 12.4. The van der Waals surface area contributed by atoms with Crippen LogP contribution in [0.5, 0.6) is 0 Å². The predicted octanol–water partition coefficient (Wildman–Crippen LogP) is 1.85. The number of carbonyl (C=O) groups is 1. The van der Waals surface area contributed by atoms with Gasteiger partial charge in [-0.05, 0) is 30.9 Å².